The SMILES string of the molecule is CCC[CH2][Sn]([CH2]CCC)([CH2]CCC)[c]1ccc(CN(CCCC[C@@H](NC(=O)N[C@@H](CCC(=O)OC(C)(C)C)C(=O)OC(C)(C)C)C(C)(C)C)C(=O)CCCCNC(=O)CN2CCN(CC(=O)OC(C)(C)C)CCN(CC(=O)OC(C)(C)C)CCN(CC(=O)OC(C)(C)C)CC2)cc1. The van der Waals surface area contributed by atoms with Crippen molar-refractivity contribution in [1.29, 1.82) is 0 Å². The van der Waals surface area contributed by atoms with Gasteiger partial charge in [-0.05, 0) is 110 Å². The van der Waals surface area contributed by atoms with E-state index in [1.165, 1.54) is 51.8 Å². The Morgan fingerprint density at radius 1 is 0.464 bits per heavy atom. The molecule has 0 radical (unpaired) electrons. The summed E-state index contributed by atoms with van der Waals surface area (Å²) in [6, 6.07) is 7.37. The van der Waals surface area contributed by atoms with Crippen molar-refractivity contribution >= 4 is 69.6 Å². The Kier molecular flexibility index (Phi) is 38.9. The predicted molar refractivity (Wildman–Crippen MR) is 390 cm³/mol. The second-order valence-corrected chi connectivity index (χ2v) is 46.3. The monoisotopic (exact) mass is 1480 g/mol. The molecule has 2 rings (SSSR count). The minimum atomic E-state index is -2.72. The number of amides is 4. The van der Waals surface area contributed by atoms with E-state index >= 15 is 0 Å². The van der Waals surface area contributed by atoms with Gasteiger partial charge in [-0.2, -0.15) is 0 Å². The van der Waals surface area contributed by atoms with Gasteiger partial charge in [-0.15, -0.1) is 0 Å². The van der Waals surface area contributed by atoms with Crippen molar-refractivity contribution in [3.63, 3.8) is 0 Å². The summed E-state index contributed by atoms with van der Waals surface area (Å²) in [7, 11) is 0. The third-order valence-corrected chi connectivity index (χ3v) is 32.3. The van der Waals surface area contributed by atoms with E-state index in [0.717, 1.165) is 5.56 Å². The fraction of sp³-hybridized carbons (Fsp3) is 0.813. The summed E-state index contributed by atoms with van der Waals surface area (Å²) < 4.78 is 34.0. The molecule has 97 heavy (non-hydrogen) atoms. The van der Waals surface area contributed by atoms with Crippen molar-refractivity contribution in [3.05, 3.63) is 29.8 Å². The first-order valence-electron chi connectivity index (χ1n) is 36.6. The molecule has 0 saturated carbocycles. The van der Waals surface area contributed by atoms with Crippen molar-refractivity contribution in [1.82, 2.24) is 40.4 Å². The van der Waals surface area contributed by atoms with Crippen LogP contribution in [0.25, 0.3) is 0 Å². The third-order valence-electron chi connectivity index (χ3n) is 16.6. The number of hydrogen-bond acceptors (Lipinski definition) is 17. The van der Waals surface area contributed by atoms with Crippen molar-refractivity contribution < 1.29 is 62.0 Å². The van der Waals surface area contributed by atoms with Crippen LogP contribution in [0, 0.1) is 5.41 Å². The van der Waals surface area contributed by atoms with E-state index in [0.29, 0.717) is 111 Å². The van der Waals surface area contributed by atoms with Crippen LogP contribution in [-0.2, 0) is 63.8 Å². The Labute approximate surface area is 591 Å². The van der Waals surface area contributed by atoms with Gasteiger partial charge in [-0.3, -0.25) is 43.6 Å². The van der Waals surface area contributed by atoms with Gasteiger partial charge in [-0.25, -0.2) is 9.59 Å². The topological polar surface area (TPSA) is 235 Å². The first kappa shape index (κ1) is 88.5. The molecule has 1 saturated heterocycles. The summed E-state index contributed by atoms with van der Waals surface area (Å²) in [5.41, 5.74) is -2.86. The molecule has 22 heteroatoms. The van der Waals surface area contributed by atoms with Gasteiger partial charge in [0, 0.05) is 58.8 Å². The van der Waals surface area contributed by atoms with Crippen LogP contribution in [0.4, 0.5) is 4.79 Å². The Hall–Kier alpha value is -4.58. The molecule has 1 heterocycles. The van der Waals surface area contributed by atoms with Crippen LogP contribution in [0.1, 0.15) is 241 Å². The van der Waals surface area contributed by atoms with Gasteiger partial charge in [0.15, 0.2) is 0 Å². The van der Waals surface area contributed by atoms with Crippen molar-refractivity contribution in [2.75, 3.05) is 91.6 Å². The Balaban J connectivity index is 2.38. The zero-order valence-electron chi connectivity index (χ0n) is 64.6. The van der Waals surface area contributed by atoms with Crippen LogP contribution in [-0.4, -0.2) is 222 Å². The van der Waals surface area contributed by atoms with Gasteiger partial charge in [0.05, 0.1) is 26.2 Å². The van der Waals surface area contributed by atoms with Crippen LogP contribution in [0.2, 0.25) is 13.3 Å². The number of hydrogen-bond donors (Lipinski definition) is 3. The molecular weight excluding hydrogens is 1340 g/mol. The summed E-state index contributed by atoms with van der Waals surface area (Å²) in [5, 5.41) is 9.05. The van der Waals surface area contributed by atoms with Crippen LogP contribution < -0.4 is 19.5 Å². The Morgan fingerprint density at radius 3 is 1.26 bits per heavy atom. The molecule has 1 aromatic carbocycles. The summed E-state index contributed by atoms with van der Waals surface area (Å²) in [4.78, 5) is 118. The molecule has 21 nitrogen and oxygen atoms in total. The van der Waals surface area contributed by atoms with Crippen LogP contribution in [0.15, 0.2) is 24.3 Å². The average Bonchev–Trinajstić information content (AvgIpc) is 0.812. The molecule has 3 N–H and O–H groups in total. The quantitative estimate of drug-likeness (QED) is 0.0245. The number of rotatable bonds is 36. The van der Waals surface area contributed by atoms with Gasteiger partial charge in [0.2, 0.25) is 5.91 Å². The molecule has 0 unspecified atom stereocenters. The molecule has 1 aliphatic rings. The standard InChI is InChI=1S/C63H109N8O13.3C4H9.Sn/c1-58(2,3)49(66-57(79)65-48(56(78)84-63(16,17)18)30-31-52(74)80-59(4,5)6)28-23-25-33-71(42-47-26-20-19-21-27-47)51(73)29-22-24-32-64-50(72)43-67-34-36-68(44-53(75)81-60(7,8)9)38-40-70(46-55(77)83-62(13,14)15)41-39-69(37-35-67)45-54(76)82-61(10,11)12;3*1-3-4-2;/h20-21,26-27,48-49H,22-25,28-46H2,1-18H3,(H,64,72)(H2,65,66,79);3*1,3-4H2,2H3;/t48-,49+;;;;/m0..../s1. The normalized spacial score (nSPS) is 15.6. The van der Waals surface area contributed by atoms with E-state index in [9.17, 15) is 38.4 Å². The number of esters is 5. The first-order chi connectivity index (χ1) is 44.9. The molecule has 4 amide bonds. The summed E-state index contributed by atoms with van der Waals surface area (Å²) in [6.07, 6.45) is 10.7. The molecule has 1 aromatic rings. The molecule has 0 aliphatic carbocycles. The first-order valence-corrected chi connectivity index (χ1v) is 44.1. The number of nitrogens with one attached hydrogen (secondary N) is 3. The van der Waals surface area contributed by atoms with Crippen LogP contribution in [0.3, 0.4) is 0 Å². The van der Waals surface area contributed by atoms with Crippen LogP contribution in [0.5, 0.6) is 0 Å². The number of unbranched alkanes of at least 4 members (excludes halogenated alkanes) is 5. The summed E-state index contributed by atoms with van der Waals surface area (Å²) in [5.74, 6) is -2.40. The molecule has 558 valence electrons. The van der Waals surface area contributed by atoms with E-state index in [4.69, 9.17) is 23.7 Å². The van der Waals surface area contributed by atoms with Gasteiger partial charge in [0.1, 0.15) is 34.0 Å². The van der Waals surface area contributed by atoms with E-state index in [1.807, 2.05) is 86.8 Å². The Bertz CT molecular complexity index is 2480. The molecule has 1 fully saturated rings. The van der Waals surface area contributed by atoms with E-state index in [2.05, 4.69) is 81.8 Å². The van der Waals surface area contributed by atoms with Gasteiger partial charge in [-0.1, -0.05) is 20.8 Å². The van der Waals surface area contributed by atoms with Gasteiger partial charge in [0.25, 0.3) is 0 Å². The minimum absolute atomic E-state index is 0.000548. The number of urea groups is 1. The molecule has 0 bridgehead atoms. The van der Waals surface area contributed by atoms with E-state index in [1.54, 1.807) is 45.1 Å². The van der Waals surface area contributed by atoms with Gasteiger partial charge >= 0.3 is 256 Å². The van der Waals surface area contributed by atoms with Crippen molar-refractivity contribution in [2.45, 2.75) is 295 Å². The number of ether oxygens (including phenoxy) is 5. The molecule has 0 aromatic heterocycles. The average molecular weight is 1480 g/mol. The zero-order chi connectivity index (χ0) is 73.4. The second-order valence-electron chi connectivity index (χ2n) is 33.0. The zero-order valence-corrected chi connectivity index (χ0v) is 67.5. The van der Waals surface area contributed by atoms with E-state index < -0.39 is 70.4 Å². The fourth-order valence-corrected chi connectivity index (χ4v) is 27.7. The fourth-order valence-electron chi connectivity index (χ4n) is 11.8. The summed E-state index contributed by atoms with van der Waals surface area (Å²) in [6.45, 7) is 44.9. The number of carbonyl (C=O) groups excluding carboxylic acids is 8. The molecule has 0 spiro atoms. The number of carbonyl (C=O) groups is 8. The van der Waals surface area contributed by atoms with E-state index in [-0.39, 0.29) is 80.2 Å². The maximum absolute atomic E-state index is 14.5. The second kappa shape index (κ2) is 42.6. The maximum atomic E-state index is 14.5. The summed E-state index contributed by atoms with van der Waals surface area (Å²) >= 11 is -2.72. The van der Waals surface area contributed by atoms with Gasteiger partial charge < -0.3 is 29.0 Å². The van der Waals surface area contributed by atoms with Crippen LogP contribution >= 0.6 is 0 Å². The predicted octanol–water partition coefficient (Wildman–Crippen LogP) is 11.3. The number of nitrogens with zero attached hydrogens (tertiary/aromatic N) is 5. The third kappa shape index (κ3) is 41.1. The van der Waals surface area contributed by atoms with Crippen molar-refractivity contribution in [3.8, 4) is 0 Å². The molecule has 1 aliphatic heterocycles. The molecular formula is C75H136N8O13Sn. The number of benzene rings is 1. The molecule has 2 atom stereocenters. The Morgan fingerprint density at radius 2 is 0.866 bits per heavy atom. The van der Waals surface area contributed by atoms with Crippen molar-refractivity contribution in [2.24, 2.45) is 5.41 Å².